The number of anilines is 1. The number of carbonyl (C=O) groups is 3. The summed E-state index contributed by atoms with van der Waals surface area (Å²) in [5.74, 6) is -1.80. The third-order valence-electron chi connectivity index (χ3n) is 4.39. The Bertz CT molecular complexity index is 1110. The highest BCUT2D eigenvalue weighted by Gasteiger charge is 2.24. The number of esters is 1. The van der Waals surface area contributed by atoms with Crippen molar-refractivity contribution in [2.45, 2.75) is 13.0 Å². The van der Waals surface area contributed by atoms with Crippen molar-refractivity contribution >= 4 is 29.4 Å². The molecule has 0 spiro atoms. The number of Topliss-reactive ketones (excluding diaryl/α,β-unsaturated/α-hetero) is 1. The molecule has 0 fully saturated rings. The Labute approximate surface area is 179 Å². The van der Waals surface area contributed by atoms with E-state index in [0.717, 1.165) is 0 Å². The molecule has 1 amide bonds. The van der Waals surface area contributed by atoms with Crippen LogP contribution in [-0.2, 0) is 14.3 Å². The molecule has 5 nitrogen and oxygen atoms in total. The van der Waals surface area contributed by atoms with Gasteiger partial charge in [0.1, 0.15) is 5.82 Å². The topological polar surface area (TPSA) is 72.5 Å². The summed E-state index contributed by atoms with van der Waals surface area (Å²) in [6.07, 6.45) is 1.44. The van der Waals surface area contributed by atoms with Crippen LogP contribution in [-0.4, -0.2) is 17.7 Å². The predicted octanol–water partition coefficient (Wildman–Crippen LogP) is 4.96. The van der Waals surface area contributed by atoms with Crippen LogP contribution in [0.4, 0.5) is 10.1 Å². The minimum absolute atomic E-state index is 0.131. The van der Waals surface area contributed by atoms with Gasteiger partial charge in [0, 0.05) is 22.9 Å². The monoisotopic (exact) mass is 417 g/mol. The second-order valence-electron chi connectivity index (χ2n) is 6.74. The molecule has 3 aromatic carbocycles. The summed E-state index contributed by atoms with van der Waals surface area (Å²) in [6.45, 7) is 1.43. The Morgan fingerprint density at radius 1 is 0.935 bits per heavy atom. The molecule has 0 heterocycles. The van der Waals surface area contributed by atoms with Gasteiger partial charge in [-0.3, -0.25) is 9.59 Å². The lowest BCUT2D eigenvalue weighted by molar-refractivity contribution is -0.149. The Hall–Kier alpha value is -4.06. The van der Waals surface area contributed by atoms with Crippen molar-refractivity contribution in [2.24, 2.45) is 0 Å². The summed E-state index contributed by atoms with van der Waals surface area (Å²) in [5.41, 5.74) is 1.97. The van der Waals surface area contributed by atoms with Gasteiger partial charge < -0.3 is 10.1 Å². The van der Waals surface area contributed by atoms with Gasteiger partial charge in [0.25, 0.3) is 5.91 Å². The van der Waals surface area contributed by atoms with E-state index in [9.17, 15) is 18.8 Å². The van der Waals surface area contributed by atoms with Crippen molar-refractivity contribution in [1.82, 2.24) is 0 Å². The normalized spacial score (nSPS) is 11.7. The summed E-state index contributed by atoms with van der Waals surface area (Å²) < 4.78 is 18.4. The Balaban J connectivity index is 1.77. The largest absolute Gasteiger partial charge is 0.444 e. The average Bonchev–Trinajstić information content (AvgIpc) is 2.77. The molecular weight excluding hydrogens is 397 g/mol. The number of amides is 1. The van der Waals surface area contributed by atoms with E-state index in [4.69, 9.17) is 4.74 Å². The predicted molar refractivity (Wildman–Crippen MR) is 116 cm³/mol. The third kappa shape index (κ3) is 6.21. The molecule has 0 bridgehead atoms. The number of ketones is 1. The van der Waals surface area contributed by atoms with Crippen LogP contribution in [0.1, 0.15) is 34.5 Å². The van der Waals surface area contributed by atoms with Gasteiger partial charge in [-0.2, -0.15) is 0 Å². The maximum absolute atomic E-state index is 13.0. The van der Waals surface area contributed by atoms with Gasteiger partial charge in [0.05, 0.1) is 0 Å². The van der Waals surface area contributed by atoms with E-state index in [1.807, 2.05) is 0 Å². The van der Waals surface area contributed by atoms with Crippen molar-refractivity contribution in [2.75, 3.05) is 5.32 Å². The molecule has 0 aliphatic carbocycles. The zero-order chi connectivity index (χ0) is 22.2. The fourth-order valence-electron chi connectivity index (χ4n) is 2.82. The first kappa shape index (κ1) is 21.6. The van der Waals surface area contributed by atoms with Crippen LogP contribution in [0.3, 0.4) is 0 Å². The van der Waals surface area contributed by atoms with E-state index in [-0.39, 0.29) is 11.6 Å². The van der Waals surface area contributed by atoms with Gasteiger partial charge in [-0.25, -0.2) is 9.18 Å². The molecule has 0 aliphatic rings. The van der Waals surface area contributed by atoms with E-state index in [1.54, 1.807) is 54.6 Å². The summed E-state index contributed by atoms with van der Waals surface area (Å²) in [6, 6.07) is 20.7. The zero-order valence-corrected chi connectivity index (χ0v) is 16.7. The molecule has 0 saturated heterocycles. The first-order valence-corrected chi connectivity index (χ1v) is 9.53. The second-order valence-corrected chi connectivity index (χ2v) is 6.74. The molecule has 0 aromatic heterocycles. The van der Waals surface area contributed by atoms with Gasteiger partial charge in [0.15, 0.2) is 5.78 Å². The highest BCUT2D eigenvalue weighted by molar-refractivity contribution is 5.99. The molecule has 3 aromatic rings. The number of carbonyl (C=O) groups excluding carboxylic acids is 3. The average molecular weight is 417 g/mol. The molecule has 1 N–H and O–H groups in total. The minimum Gasteiger partial charge on any atom is -0.444 e. The molecule has 0 saturated carbocycles. The highest BCUT2D eigenvalue weighted by atomic mass is 19.1. The first-order valence-electron chi connectivity index (χ1n) is 9.53. The van der Waals surface area contributed by atoms with Crippen LogP contribution in [0.2, 0.25) is 0 Å². The number of ether oxygens (including phenoxy) is 1. The van der Waals surface area contributed by atoms with Crippen LogP contribution < -0.4 is 5.32 Å². The molecule has 0 radical (unpaired) electrons. The van der Waals surface area contributed by atoms with E-state index in [1.165, 1.54) is 43.3 Å². The van der Waals surface area contributed by atoms with Crippen molar-refractivity contribution in [1.29, 1.82) is 0 Å². The fourth-order valence-corrected chi connectivity index (χ4v) is 2.82. The van der Waals surface area contributed by atoms with Gasteiger partial charge in [-0.1, -0.05) is 54.6 Å². The fraction of sp³-hybridized carbons (Fsp3) is 0.0800. The maximum atomic E-state index is 13.0. The number of rotatable bonds is 7. The smallest absolute Gasteiger partial charge is 0.331 e. The zero-order valence-electron chi connectivity index (χ0n) is 16.7. The van der Waals surface area contributed by atoms with Crippen LogP contribution in [0.5, 0.6) is 0 Å². The molecule has 6 heteroatoms. The second kappa shape index (κ2) is 10.1. The SMILES string of the molecule is CC(=O)c1cccc(NC(=O)[C@H](OC(=O)/C=C/c2ccc(F)cc2)c2ccccc2)c1. The number of benzene rings is 3. The van der Waals surface area contributed by atoms with Crippen LogP contribution in [0, 0.1) is 5.82 Å². The minimum atomic E-state index is -1.20. The quantitative estimate of drug-likeness (QED) is 0.335. The van der Waals surface area contributed by atoms with Gasteiger partial charge in [-0.05, 0) is 42.8 Å². The summed E-state index contributed by atoms with van der Waals surface area (Å²) in [5, 5.41) is 2.69. The van der Waals surface area contributed by atoms with E-state index < -0.39 is 18.0 Å². The molecule has 3 rings (SSSR count). The van der Waals surface area contributed by atoms with Crippen LogP contribution >= 0.6 is 0 Å². The lowest BCUT2D eigenvalue weighted by Gasteiger charge is -2.17. The van der Waals surface area contributed by atoms with Crippen LogP contribution in [0.25, 0.3) is 6.08 Å². The van der Waals surface area contributed by atoms with E-state index in [2.05, 4.69) is 5.32 Å². The number of hydrogen-bond donors (Lipinski definition) is 1. The van der Waals surface area contributed by atoms with Crippen molar-refractivity contribution < 1.29 is 23.5 Å². The summed E-state index contributed by atoms with van der Waals surface area (Å²) in [7, 11) is 0. The molecular formula is C25H20FNO4. The van der Waals surface area contributed by atoms with Crippen molar-refractivity contribution in [3.8, 4) is 0 Å². The van der Waals surface area contributed by atoms with E-state index >= 15 is 0 Å². The standard InChI is InChI=1S/C25H20FNO4/c1-17(28)20-8-5-9-22(16-20)27-25(30)24(19-6-3-2-4-7-19)31-23(29)15-12-18-10-13-21(26)14-11-18/h2-16,24H,1H3,(H,27,30)/b15-12+/t24-/m1/s1. The first-order chi connectivity index (χ1) is 14.9. The Morgan fingerprint density at radius 3 is 2.32 bits per heavy atom. The molecule has 0 aliphatic heterocycles. The molecule has 31 heavy (non-hydrogen) atoms. The molecule has 0 unspecified atom stereocenters. The maximum Gasteiger partial charge on any atom is 0.331 e. The van der Waals surface area contributed by atoms with Crippen molar-refractivity contribution in [3.63, 3.8) is 0 Å². The van der Waals surface area contributed by atoms with E-state index in [0.29, 0.717) is 22.4 Å². The Kier molecular flexibility index (Phi) is 7.06. The summed E-state index contributed by atoms with van der Waals surface area (Å²) in [4.78, 5) is 36.8. The van der Waals surface area contributed by atoms with Gasteiger partial charge in [0.2, 0.25) is 6.10 Å². The lowest BCUT2D eigenvalue weighted by atomic mass is 10.1. The molecule has 1 atom stereocenters. The Morgan fingerprint density at radius 2 is 1.65 bits per heavy atom. The molecule has 156 valence electrons. The van der Waals surface area contributed by atoms with Gasteiger partial charge in [-0.15, -0.1) is 0 Å². The summed E-state index contributed by atoms with van der Waals surface area (Å²) >= 11 is 0. The number of hydrogen-bond acceptors (Lipinski definition) is 4. The lowest BCUT2D eigenvalue weighted by Crippen LogP contribution is -2.25. The highest BCUT2D eigenvalue weighted by Crippen LogP contribution is 2.21. The van der Waals surface area contributed by atoms with Crippen LogP contribution in [0.15, 0.2) is 84.9 Å². The number of halogens is 1. The van der Waals surface area contributed by atoms with Gasteiger partial charge >= 0.3 is 5.97 Å². The number of nitrogens with one attached hydrogen (secondary N) is 1. The third-order valence-corrected chi connectivity index (χ3v) is 4.39. The van der Waals surface area contributed by atoms with Crippen molar-refractivity contribution in [3.05, 3.63) is 107 Å².